The Morgan fingerprint density at radius 3 is 2.52 bits per heavy atom. The van der Waals surface area contributed by atoms with Gasteiger partial charge in [-0.15, -0.1) is 0 Å². The highest BCUT2D eigenvalue weighted by molar-refractivity contribution is 5.83. The number of nitrogens with zero attached hydrogens (tertiary/aromatic N) is 2. The minimum absolute atomic E-state index is 0.147. The smallest absolute Gasteiger partial charge is 0.119 e. The Balaban J connectivity index is 1.44. The van der Waals surface area contributed by atoms with Gasteiger partial charge < -0.3 is 19.3 Å². The maximum atomic E-state index is 9.42. The molecule has 0 spiro atoms. The Labute approximate surface area is 161 Å². The lowest BCUT2D eigenvalue weighted by atomic mass is 10.2. The van der Waals surface area contributed by atoms with E-state index in [1.807, 2.05) is 12.1 Å². The molecule has 0 unspecified atom stereocenters. The molecule has 2 aromatic carbocycles. The third-order valence-corrected chi connectivity index (χ3v) is 5.34. The van der Waals surface area contributed by atoms with Crippen molar-refractivity contribution in [2.45, 2.75) is 25.7 Å². The number of likely N-dealkylation sites (tertiary alicyclic amines) is 1. The van der Waals surface area contributed by atoms with Crippen LogP contribution in [0.3, 0.4) is 0 Å². The van der Waals surface area contributed by atoms with Crippen molar-refractivity contribution < 1.29 is 9.84 Å². The fourth-order valence-corrected chi connectivity index (χ4v) is 3.99. The van der Waals surface area contributed by atoms with Gasteiger partial charge in [-0.3, -0.25) is 0 Å². The second kappa shape index (κ2) is 8.59. The number of aromatic nitrogens is 1. The van der Waals surface area contributed by atoms with E-state index in [4.69, 9.17) is 4.74 Å². The van der Waals surface area contributed by atoms with E-state index in [0.717, 1.165) is 36.7 Å². The largest absolute Gasteiger partial charge is 0.494 e. The van der Waals surface area contributed by atoms with Crippen molar-refractivity contribution in [3.8, 4) is 11.4 Å². The number of hydrogen-bond donors (Lipinski definition) is 1. The molecule has 0 aliphatic carbocycles. The highest BCUT2D eigenvalue weighted by Crippen LogP contribution is 2.26. The number of hydrogen-bond acceptors (Lipinski definition) is 3. The van der Waals surface area contributed by atoms with Crippen LogP contribution in [0.25, 0.3) is 16.6 Å². The molecule has 0 bridgehead atoms. The molecule has 0 amide bonds. The van der Waals surface area contributed by atoms with Crippen molar-refractivity contribution >= 4 is 10.9 Å². The number of para-hydroxylation sites is 1. The van der Waals surface area contributed by atoms with Gasteiger partial charge in [-0.2, -0.15) is 0 Å². The Bertz CT molecular complexity index is 864. The minimum Gasteiger partial charge on any atom is -0.494 e. The topological polar surface area (TPSA) is 37.6 Å². The van der Waals surface area contributed by atoms with Gasteiger partial charge in [0.05, 0.1) is 12.1 Å². The number of aliphatic hydroxyl groups excluding tert-OH is 1. The van der Waals surface area contributed by atoms with Crippen LogP contribution < -0.4 is 4.74 Å². The first-order valence-corrected chi connectivity index (χ1v) is 10.0. The summed E-state index contributed by atoms with van der Waals surface area (Å²) in [7, 11) is 0. The predicted octanol–water partition coefficient (Wildman–Crippen LogP) is 4.03. The number of fused-ring (bicyclic) bond motifs is 1. The normalized spacial score (nSPS) is 14.9. The van der Waals surface area contributed by atoms with E-state index < -0.39 is 0 Å². The molecule has 1 fully saturated rings. The van der Waals surface area contributed by atoms with Crippen LogP contribution in [0, 0.1) is 0 Å². The van der Waals surface area contributed by atoms with Gasteiger partial charge >= 0.3 is 0 Å². The van der Waals surface area contributed by atoms with Gasteiger partial charge in [0.2, 0.25) is 0 Å². The average Bonchev–Trinajstić information content (AvgIpc) is 3.33. The van der Waals surface area contributed by atoms with E-state index in [0.29, 0.717) is 6.42 Å². The van der Waals surface area contributed by atoms with Crippen molar-refractivity contribution in [2.24, 2.45) is 0 Å². The summed E-state index contributed by atoms with van der Waals surface area (Å²) in [6.07, 6.45) is 4.40. The highest BCUT2D eigenvalue weighted by Gasteiger charge is 2.11. The standard InChI is InChI=1S/C23H28N2O2/c26-16-12-21-18-19-6-1-2-7-23(19)25(21)20-8-10-22(11-9-20)27-17-5-15-24-13-3-4-14-24/h1-2,6-11,18,26H,3-5,12-17H2. The summed E-state index contributed by atoms with van der Waals surface area (Å²) in [6, 6.07) is 18.8. The zero-order chi connectivity index (χ0) is 18.5. The molecular weight excluding hydrogens is 336 g/mol. The summed E-state index contributed by atoms with van der Waals surface area (Å²) in [6.45, 7) is 4.54. The highest BCUT2D eigenvalue weighted by atomic mass is 16.5. The number of aliphatic hydroxyl groups is 1. The third kappa shape index (κ3) is 4.18. The van der Waals surface area contributed by atoms with Crippen molar-refractivity contribution in [3.05, 3.63) is 60.3 Å². The molecule has 1 aromatic heterocycles. The van der Waals surface area contributed by atoms with Crippen LogP contribution in [-0.4, -0.2) is 47.4 Å². The summed E-state index contributed by atoms with van der Waals surface area (Å²) in [5, 5.41) is 10.6. The minimum atomic E-state index is 0.147. The fraction of sp³-hybridized carbons (Fsp3) is 0.391. The Morgan fingerprint density at radius 1 is 0.963 bits per heavy atom. The summed E-state index contributed by atoms with van der Waals surface area (Å²) in [4.78, 5) is 2.52. The number of rotatable bonds is 8. The van der Waals surface area contributed by atoms with Crippen LogP contribution in [-0.2, 0) is 6.42 Å². The molecule has 1 aliphatic heterocycles. The van der Waals surface area contributed by atoms with Gasteiger partial charge in [-0.1, -0.05) is 18.2 Å². The maximum Gasteiger partial charge on any atom is 0.119 e. The molecule has 1 N–H and O–H groups in total. The van der Waals surface area contributed by atoms with E-state index in [1.54, 1.807) is 0 Å². The third-order valence-electron chi connectivity index (χ3n) is 5.34. The molecule has 3 aromatic rings. The lowest BCUT2D eigenvalue weighted by Crippen LogP contribution is -2.21. The second-order valence-corrected chi connectivity index (χ2v) is 7.25. The van der Waals surface area contributed by atoms with E-state index in [9.17, 15) is 5.11 Å². The summed E-state index contributed by atoms with van der Waals surface area (Å²) in [5.41, 5.74) is 3.39. The Kier molecular flexibility index (Phi) is 5.75. The van der Waals surface area contributed by atoms with Gasteiger partial charge in [0.1, 0.15) is 5.75 Å². The molecule has 0 saturated carbocycles. The SMILES string of the molecule is OCCc1cc2ccccc2n1-c1ccc(OCCCN2CCCC2)cc1. The quantitative estimate of drug-likeness (QED) is 0.613. The Hall–Kier alpha value is -2.30. The first-order chi connectivity index (χ1) is 13.3. The zero-order valence-corrected chi connectivity index (χ0v) is 15.8. The summed E-state index contributed by atoms with van der Waals surface area (Å²) in [5.74, 6) is 0.917. The first-order valence-electron chi connectivity index (χ1n) is 10.0. The van der Waals surface area contributed by atoms with Gasteiger partial charge in [-0.25, -0.2) is 0 Å². The number of ether oxygens (including phenoxy) is 1. The Morgan fingerprint density at radius 2 is 1.74 bits per heavy atom. The predicted molar refractivity (Wildman–Crippen MR) is 110 cm³/mol. The first kappa shape index (κ1) is 18.1. The molecule has 27 heavy (non-hydrogen) atoms. The molecule has 4 nitrogen and oxygen atoms in total. The monoisotopic (exact) mass is 364 g/mol. The van der Waals surface area contributed by atoms with E-state index in [2.05, 4.69) is 51.9 Å². The van der Waals surface area contributed by atoms with Crippen LogP contribution in [0.2, 0.25) is 0 Å². The average molecular weight is 364 g/mol. The molecule has 4 rings (SSSR count). The van der Waals surface area contributed by atoms with Crippen LogP contribution in [0.5, 0.6) is 5.75 Å². The van der Waals surface area contributed by atoms with Crippen LogP contribution >= 0.6 is 0 Å². The fourth-order valence-electron chi connectivity index (χ4n) is 3.99. The van der Waals surface area contributed by atoms with Crippen LogP contribution in [0.4, 0.5) is 0 Å². The van der Waals surface area contributed by atoms with Crippen LogP contribution in [0.15, 0.2) is 54.6 Å². The van der Waals surface area contributed by atoms with E-state index in [-0.39, 0.29) is 6.61 Å². The maximum absolute atomic E-state index is 9.42. The second-order valence-electron chi connectivity index (χ2n) is 7.25. The van der Waals surface area contributed by atoms with Gasteiger partial charge in [-0.05, 0) is 68.8 Å². The molecule has 2 heterocycles. The van der Waals surface area contributed by atoms with Crippen molar-refractivity contribution in [1.29, 1.82) is 0 Å². The van der Waals surface area contributed by atoms with Gasteiger partial charge in [0.15, 0.2) is 0 Å². The molecule has 1 saturated heterocycles. The van der Waals surface area contributed by atoms with Crippen molar-refractivity contribution in [2.75, 3.05) is 32.8 Å². The molecule has 142 valence electrons. The number of benzene rings is 2. The van der Waals surface area contributed by atoms with Gasteiger partial charge in [0.25, 0.3) is 0 Å². The lowest BCUT2D eigenvalue weighted by molar-refractivity contribution is 0.263. The van der Waals surface area contributed by atoms with Crippen molar-refractivity contribution in [1.82, 2.24) is 9.47 Å². The summed E-state index contributed by atoms with van der Waals surface area (Å²) < 4.78 is 8.15. The zero-order valence-electron chi connectivity index (χ0n) is 15.8. The van der Waals surface area contributed by atoms with Crippen molar-refractivity contribution in [3.63, 3.8) is 0 Å². The lowest BCUT2D eigenvalue weighted by Gasteiger charge is -2.15. The van der Waals surface area contributed by atoms with E-state index >= 15 is 0 Å². The molecule has 1 aliphatic rings. The molecular formula is C23H28N2O2. The molecule has 4 heteroatoms. The van der Waals surface area contributed by atoms with Crippen LogP contribution in [0.1, 0.15) is 25.0 Å². The molecule has 0 atom stereocenters. The molecule has 0 radical (unpaired) electrons. The summed E-state index contributed by atoms with van der Waals surface area (Å²) >= 11 is 0. The van der Waals surface area contributed by atoms with Gasteiger partial charge in [0, 0.05) is 36.3 Å². The van der Waals surface area contributed by atoms with E-state index in [1.165, 1.54) is 36.8 Å².